The molecule has 0 bridgehead atoms. The third-order valence-electron chi connectivity index (χ3n) is 2.27. The molecule has 0 heterocycles. The van der Waals surface area contributed by atoms with Crippen LogP contribution >= 0.6 is 0 Å². The molecule has 0 amide bonds. The maximum Gasteiger partial charge on any atom is 0.146 e. The average molecular weight is 219 g/mol. The molecule has 0 atom stereocenters. The van der Waals surface area contributed by atoms with Gasteiger partial charge in [0.25, 0.3) is 0 Å². The van der Waals surface area contributed by atoms with E-state index in [1.807, 2.05) is 0 Å². The van der Waals surface area contributed by atoms with Crippen LogP contribution in [-0.2, 0) is 6.54 Å². The molecule has 0 unspecified atom stereocenters. The Morgan fingerprint density at radius 3 is 2.25 bits per heavy atom. The lowest BCUT2D eigenvalue weighted by Gasteiger charge is -2.07. The zero-order valence-electron chi connectivity index (χ0n) is 8.58. The Morgan fingerprint density at radius 1 is 0.875 bits per heavy atom. The van der Waals surface area contributed by atoms with Crippen molar-refractivity contribution in [1.82, 2.24) is 0 Å². The first-order valence-electron chi connectivity index (χ1n) is 4.98. The first-order chi connectivity index (χ1) is 7.75. The second-order valence-corrected chi connectivity index (χ2v) is 3.46. The summed E-state index contributed by atoms with van der Waals surface area (Å²) >= 11 is 0. The van der Waals surface area contributed by atoms with E-state index in [1.165, 1.54) is 18.2 Å². The Hall–Kier alpha value is -1.90. The molecule has 1 N–H and O–H groups in total. The van der Waals surface area contributed by atoms with Crippen LogP contribution in [0.25, 0.3) is 0 Å². The molecule has 2 aromatic carbocycles. The van der Waals surface area contributed by atoms with Crippen molar-refractivity contribution in [1.29, 1.82) is 0 Å². The van der Waals surface area contributed by atoms with Gasteiger partial charge in [-0.05, 0) is 29.8 Å². The van der Waals surface area contributed by atoms with Gasteiger partial charge in [-0.2, -0.15) is 0 Å². The summed E-state index contributed by atoms with van der Waals surface area (Å²) in [6, 6.07) is 12.6. The van der Waals surface area contributed by atoms with Crippen molar-refractivity contribution in [3.8, 4) is 0 Å². The van der Waals surface area contributed by atoms with Crippen molar-refractivity contribution < 1.29 is 8.78 Å². The summed E-state index contributed by atoms with van der Waals surface area (Å²) in [6.07, 6.45) is 0. The van der Waals surface area contributed by atoms with E-state index < -0.39 is 0 Å². The van der Waals surface area contributed by atoms with E-state index in [4.69, 9.17) is 0 Å². The van der Waals surface area contributed by atoms with Crippen molar-refractivity contribution >= 4 is 5.69 Å². The molecule has 0 saturated carbocycles. The van der Waals surface area contributed by atoms with Gasteiger partial charge in [-0.3, -0.25) is 0 Å². The predicted molar refractivity (Wildman–Crippen MR) is 60.1 cm³/mol. The van der Waals surface area contributed by atoms with Crippen molar-refractivity contribution in [2.24, 2.45) is 0 Å². The normalized spacial score (nSPS) is 10.1. The highest BCUT2D eigenvalue weighted by atomic mass is 19.1. The smallest absolute Gasteiger partial charge is 0.146 e. The molecule has 16 heavy (non-hydrogen) atoms. The Morgan fingerprint density at radius 2 is 1.56 bits per heavy atom. The van der Waals surface area contributed by atoms with Crippen molar-refractivity contribution in [3.05, 3.63) is 65.7 Å². The maximum absolute atomic E-state index is 13.2. The molecule has 82 valence electrons. The van der Waals surface area contributed by atoms with Crippen LogP contribution in [0.2, 0.25) is 0 Å². The standard InChI is InChI=1S/C13H11F2N/c14-11-7-5-10(6-8-11)9-16-13-4-2-1-3-12(13)15/h1-8,16H,9H2. The van der Waals surface area contributed by atoms with E-state index in [1.54, 1.807) is 30.3 Å². The van der Waals surface area contributed by atoms with Crippen LogP contribution in [0.15, 0.2) is 48.5 Å². The quantitative estimate of drug-likeness (QED) is 0.832. The van der Waals surface area contributed by atoms with Gasteiger partial charge in [0, 0.05) is 6.54 Å². The van der Waals surface area contributed by atoms with Crippen LogP contribution in [0.4, 0.5) is 14.5 Å². The maximum atomic E-state index is 13.2. The van der Waals surface area contributed by atoms with E-state index in [9.17, 15) is 8.78 Å². The van der Waals surface area contributed by atoms with Gasteiger partial charge in [0.2, 0.25) is 0 Å². The van der Waals surface area contributed by atoms with Gasteiger partial charge in [0.1, 0.15) is 11.6 Å². The fourth-order valence-electron chi connectivity index (χ4n) is 1.40. The van der Waals surface area contributed by atoms with Gasteiger partial charge in [0.15, 0.2) is 0 Å². The molecule has 0 spiro atoms. The summed E-state index contributed by atoms with van der Waals surface area (Å²) in [4.78, 5) is 0. The number of benzene rings is 2. The van der Waals surface area contributed by atoms with Crippen molar-refractivity contribution in [3.63, 3.8) is 0 Å². The number of nitrogens with one attached hydrogen (secondary N) is 1. The Balaban J connectivity index is 2.02. The topological polar surface area (TPSA) is 12.0 Å². The minimum atomic E-state index is -0.287. The zero-order chi connectivity index (χ0) is 11.4. The summed E-state index contributed by atoms with van der Waals surface area (Å²) in [7, 11) is 0. The molecule has 1 nitrogen and oxygen atoms in total. The highest BCUT2D eigenvalue weighted by Gasteiger charge is 1.99. The summed E-state index contributed by atoms with van der Waals surface area (Å²) in [5.74, 6) is -0.556. The van der Waals surface area contributed by atoms with E-state index in [2.05, 4.69) is 5.32 Å². The highest BCUT2D eigenvalue weighted by Crippen LogP contribution is 2.13. The third-order valence-corrected chi connectivity index (χ3v) is 2.27. The second-order valence-electron chi connectivity index (χ2n) is 3.46. The molecule has 3 heteroatoms. The van der Waals surface area contributed by atoms with Crippen LogP contribution in [-0.4, -0.2) is 0 Å². The predicted octanol–water partition coefficient (Wildman–Crippen LogP) is 3.58. The van der Waals surface area contributed by atoms with E-state index in [0.717, 1.165) is 5.56 Å². The molecular weight excluding hydrogens is 208 g/mol. The Bertz CT molecular complexity index is 466. The number of halogens is 2. The minimum absolute atomic E-state index is 0.269. The first kappa shape index (κ1) is 10.6. The Labute approximate surface area is 92.7 Å². The lowest BCUT2D eigenvalue weighted by molar-refractivity contribution is 0.626. The zero-order valence-corrected chi connectivity index (χ0v) is 8.58. The molecule has 0 aliphatic rings. The SMILES string of the molecule is Fc1ccc(CNc2ccccc2F)cc1. The average Bonchev–Trinajstić information content (AvgIpc) is 2.30. The van der Waals surface area contributed by atoms with Crippen LogP contribution < -0.4 is 5.32 Å². The van der Waals surface area contributed by atoms with Crippen LogP contribution in [0.3, 0.4) is 0 Å². The number of hydrogen-bond donors (Lipinski definition) is 1. The first-order valence-corrected chi connectivity index (χ1v) is 4.98. The minimum Gasteiger partial charge on any atom is -0.379 e. The summed E-state index contributed by atoms with van der Waals surface area (Å²) in [5.41, 5.74) is 1.36. The fourth-order valence-corrected chi connectivity index (χ4v) is 1.40. The van der Waals surface area contributed by atoms with Crippen LogP contribution in [0, 0.1) is 11.6 Å². The lowest BCUT2D eigenvalue weighted by atomic mass is 10.2. The monoisotopic (exact) mass is 219 g/mol. The van der Waals surface area contributed by atoms with E-state index in [0.29, 0.717) is 12.2 Å². The summed E-state index contributed by atoms with van der Waals surface area (Å²) in [6.45, 7) is 0.473. The molecule has 0 aromatic heterocycles. The highest BCUT2D eigenvalue weighted by molar-refractivity contribution is 5.44. The fraction of sp³-hybridized carbons (Fsp3) is 0.0769. The number of rotatable bonds is 3. The molecule has 0 saturated heterocycles. The van der Waals surface area contributed by atoms with Gasteiger partial charge < -0.3 is 5.32 Å². The molecular formula is C13H11F2N. The molecule has 0 radical (unpaired) electrons. The number of para-hydroxylation sites is 1. The molecule has 0 aliphatic heterocycles. The molecule has 2 rings (SSSR count). The lowest BCUT2D eigenvalue weighted by Crippen LogP contribution is -2.01. The van der Waals surface area contributed by atoms with Gasteiger partial charge in [0.05, 0.1) is 5.69 Å². The van der Waals surface area contributed by atoms with E-state index >= 15 is 0 Å². The Kier molecular flexibility index (Phi) is 3.15. The van der Waals surface area contributed by atoms with Crippen LogP contribution in [0.5, 0.6) is 0 Å². The summed E-state index contributed by atoms with van der Waals surface area (Å²) in [5, 5.41) is 2.95. The van der Waals surface area contributed by atoms with Gasteiger partial charge in [-0.1, -0.05) is 24.3 Å². The van der Waals surface area contributed by atoms with Crippen LogP contribution in [0.1, 0.15) is 5.56 Å². The van der Waals surface area contributed by atoms with Crippen molar-refractivity contribution in [2.45, 2.75) is 6.54 Å². The molecule has 2 aromatic rings. The van der Waals surface area contributed by atoms with Gasteiger partial charge in [-0.25, -0.2) is 8.78 Å². The van der Waals surface area contributed by atoms with E-state index in [-0.39, 0.29) is 11.6 Å². The largest absolute Gasteiger partial charge is 0.379 e. The number of hydrogen-bond acceptors (Lipinski definition) is 1. The van der Waals surface area contributed by atoms with Gasteiger partial charge in [-0.15, -0.1) is 0 Å². The summed E-state index contributed by atoms with van der Waals surface area (Å²) < 4.78 is 25.9. The number of anilines is 1. The second kappa shape index (κ2) is 4.75. The van der Waals surface area contributed by atoms with Crippen molar-refractivity contribution in [2.75, 3.05) is 5.32 Å². The molecule has 0 fully saturated rings. The molecule has 0 aliphatic carbocycles. The third kappa shape index (κ3) is 2.57. The van der Waals surface area contributed by atoms with Gasteiger partial charge >= 0.3 is 0 Å².